The van der Waals surface area contributed by atoms with Gasteiger partial charge >= 0.3 is 0 Å². The number of aryl methyl sites for hydroxylation is 1. The average molecular weight is 255 g/mol. The smallest absolute Gasteiger partial charge is 0.255 e. The molecule has 1 N–H and O–H groups in total. The van der Waals surface area contributed by atoms with Crippen LogP contribution in [-0.2, 0) is 0 Å². The van der Waals surface area contributed by atoms with E-state index in [1.807, 2.05) is 62.4 Å². The number of anilines is 1. The molecule has 0 aliphatic heterocycles. The lowest BCUT2D eigenvalue weighted by Crippen LogP contribution is -2.11. The van der Waals surface area contributed by atoms with E-state index in [0.717, 1.165) is 17.0 Å². The summed E-state index contributed by atoms with van der Waals surface area (Å²) >= 11 is 0. The number of ether oxygens (including phenoxy) is 1. The first-order valence-corrected chi connectivity index (χ1v) is 6.30. The molecule has 19 heavy (non-hydrogen) atoms. The molecule has 0 saturated carbocycles. The minimum Gasteiger partial charge on any atom is -0.494 e. The summed E-state index contributed by atoms with van der Waals surface area (Å²) in [5.74, 6) is 0.637. The van der Waals surface area contributed by atoms with Crippen LogP contribution in [0.25, 0.3) is 0 Å². The second-order valence-corrected chi connectivity index (χ2v) is 4.28. The van der Waals surface area contributed by atoms with E-state index in [1.165, 1.54) is 0 Å². The van der Waals surface area contributed by atoms with Crippen LogP contribution in [-0.4, -0.2) is 12.5 Å². The van der Waals surface area contributed by atoms with E-state index < -0.39 is 0 Å². The van der Waals surface area contributed by atoms with E-state index in [0.29, 0.717) is 12.2 Å². The van der Waals surface area contributed by atoms with Crippen LogP contribution in [0, 0.1) is 6.92 Å². The molecule has 0 fully saturated rings. The quantitative estimate of drug-likeness (QED) is 0.905. The Kier molecular flexibility index (Phi) is 4.18. The molecule has 2 aromatic carbocycles. The van der Waals surface area contributed by atoms with Crippen LogP contribution >= 0.6 is 0 Å². The standard InChI is InChI=1S/C16H17NO2/c1-3-19-15-6-4-5-14(11-15)17-16(18)13-9-7-12(2)8-10-13/h4-11H,3H2,1-2H3,(H,17,18). The van der Waals surface area contributed by atoms with Gasteiger partial charge in [-0.15, -0.1) is 0 Å². The van der Waals surface area contributed by atoms with E-state index in [2.05, 4.69) is 5.32 Å². The number of hydrogen-bond acceptors (Lipinski definition) is 2. The van der Waals surface area contributed by atoms with Gasteiger partial charge in [0.1, 0.15) is 5.75 Å². The van der Waals surface area contributed by atoms with Gasteiger partial charge in [0.2, 0.25) is 0 Å². The monoisotopic (exact) mass is 255 g/mol. The van der Waals surface area contributed by atoms with Gasteiger partial charge in [0.15, 0.2) is 0 Å². The van der Waals surface area contributed by atoms with Gasteiger partial charge in [-0.25, -0.2) is 0 Å². The lowest BCUT2D eigenvalue weighted by Gasteiger charge is -2.08. The molecular formula is C16H17NO2. The molecule has 0 saturated heterocycles. The molecule has 0 aliphatic carbocycles. The van der Waals surface area contributed by atoms with Crippen LogP contribution in [0.3, 0.4) is 0 Å². The Morgan fingerprint density at radius 1 is 1.16 bits per heavy atom. The molecule has 0 bridgehead atoms. The fourth-order valence-electron chi connectivity index (χ4n) is 1.74. The van der Waals surface area contributed by atoms with Gasteiger partial charge < -0.3 is 10.1 Å². The summed E-state index contributed by atoms with van der Waals surface area (Å²) in [6.07, 6.45) is 0. The third kappa shape index (κ3) is 3.58. The lowest BCUT2D eigenvalue weighted by molar-refractivity contribution is 0.102. The van der Waals surface area contributed by atoms with Gasteiger partial charge in [-0.1, -0.05) is 23.8 Å². The predicted molar refractivity (Wildman–Crippen MR) is 76.7 cm³/mol. The highest BCUT2D eigenvalue weighted by Gasteiger charge is 2.06. The minimum atomic E-state index is -0.117. The predicted octanol–water partition coefficient (Wildman–Crippen LogP) is 3.65. The zero-order chi connectivity index (χ0) is 13.7. The van der Waals surface area contributed by atoms with E-state index >= 15 is 0 Å². The lowest BCUT2D eigenvalue weighted by atomic mass is 10.1. The highest BCUT2D eigenvalue weighted by Crippen LogP contribution is 2.18. The van der Waals surface area contributed by atoms with Crippen LogP contribution in [0.1, 0.15) is 22.8 Å². The normalized spacial score (nSPS) is 10.0. The Morgan fingerprint density at radius 3 is 2.58 bits per heavy atom. The molecule has 0 unspecified atom stereocenters. The molecule has 98 valence electrons. The van der Waals surface area contributed by atoms with E-state index in [4.69, 9.17) is 4.74 Å². The van der Waals surface area contributed by atoms with Crippen LogP contribution in [0.15, 0.2) is 48.5 Å². The Hall–Kier alpha value is -2.29. The first-order valence-electron chi connectivity index (χ1n) is 6.30. The number of nitrogens with one attached hydrogen (secondary N) is 1. The van der Waals surface area contributed by atoms with Crippen LogP contribution < -0.4 is 10.1 Å². The van der Waals surface area contributed by atoms with Gasteiger partial charge in [-0.3, -0.25) is 4.79 Å². The SMILES string of the molecule is CCOc1cccc(NC(=O)c2ccc(C)cc2)c1. The van der Waals surface area contributed by atoms with Gasteiger partial charge in [0, 0.05) is 17.3 Å². The van der Waals surface area contributed by atoms with Crippen molar-refractivity contribution in [2.24, 2.45) is 0 Å². The number of benzene rings is 2. The topological polar surface area (TPSA) is 38.3 Å². The number of carbonyl (C=O) groups excluding carboxylic acids is 1. The summed E-state index contributed by atoms with van der Waals surface area (Å²) in [7, 11) is 0. The summed E-state index contributed by atoms with van der Waals surface area (Å²) in [5.41, 5.74) is 2.51. The maximum atomic E-state index is 12.0. The van der Waals surface area contributed by atoms with Crippen molar-refractivity contribution >= 4 is 11.6 Å². The van der Waals surface area contributed by atoms with Crippen molar-refractivity contribution in [1.82, 2.24) is 0 Å². The Morgan fingerprint density at radius 2 is 1.89 bits per heavy atom. The highest BCUT2D eigenvalue weighted by molar-refractivity contribution is 6.04. The van der Waals surface area contributed by atoms with Crippen molar-refractivity contribution in [2.45, 2.75) is 13.8 Å². The number of amides is 1. The Balaban J connectivity index is 2.10. The second-order valence-electron chi connectivity index (χ2n) is 4.28. The summed E-state index contributed by atoms with van der Waals surface area (Å²) in [6, 6.07) is 14.9. The van der Waals surface area contributed by atoms with E-state index in [9.17, 15) is 4.79 Å². The zero-order valence-electron chi connectivity index (χ0n) is 11.1. The minimum absolute atomic E-state index is 0.117. The molecule has 0 aliphatic rings. The number of carbonyl (C=O) groups is 1. The van der Waals surface area contributed by atoms with Gasteiger partial charge in [0.25, 0.3) is 5.91 Å². The molecule has 3 nitrogen and oxygen atoms in total. The number of hydrogen-bond donors (Lipinski definition) is 1. The highest BCUT2D eigenvalue weighted by atomic mass is 16.5. The molecule has 2 rings (SSSR count). The first-order chi connectivity index (χ1) is 9.19. The van der Waals surface area contributed by atoms with Crippen molar-refractivity contribution in [3.63, 3.8) is 0 Å². The molecule has 0 atom stereocenters. The number of rotatable bonds is 4. The van der Waals surface area contributed by atoms with E-state index in [1.54, 1.807) is 0 Å². The molecule has 0 aromatic heterocycles. The largest absolute Gasteiger partial charge is 0.494 e. The van der Waals surface area contributed by atoms with Crippen LogP contribution in [0.4, 0.5) is 5.69 Å². The van der Waals surface area contributed by atoms with Gasteiger partial charge in [-0.05, 0) is 38.1 Å². The average Bonchev–Trinajstić information content (AvgIpc) is 2.40. The summed E-state index contributed by atoms with van der Waals surface area (Å²) in [4.78, 5) is 12.0. The third-order valence-electron chi connectivity index (χ3n) is 2.72. The van der Waals surface area contributed by atoms with Crippen molar-refractivity contribution in [3.05, 3.63) is 59.7 Å². The Bertz CT molecular complexity index is 561. The second kappa shape index (κ2) is 6.05. The summed E-state index contributed by atoms with van der Waals surface area (Å²) < 4.78 is 5.40. The van der Waals surface area contributed by atoms with Crippen molar-refractivity contribution < 1.29 is 9.53 Å². The molecule has 3 heteroatoms. The molecule has 0 radical (unpaired) electrons. The summed E-state index contributed by atoms with van der Waals surface area (Å²) in [6.45, 7) is 4.53. The summed E-state index contributed by atoms with van der Waals surface area (Å²) in [5, 5.41) is 2.86. The Labute approximate surface area is 113 Å². The fourth-order valence-corrected chi connectivity index (χ4v) is 1.74. The van der Waals surface area contributed by atoms with Crippen LogP contribution in [0.5, 0.6) is 5.75 Å². The van der Waals surface area contributed by atoms with Crippen molar-refractivity contribution in [2.75, 3.05) is 11.9 Å². The third-order valence-corrected chi connectivity index (χ3v) is 2.72. The van der Waals surface area contributed by atoms with Gasteiger partial charge in [-0.2, -0.15) is 0 Å². The van der Waals surface area contributed by atoms with E-state index in [-0.39, 0.29) is 5.91 Å². The molecule has 0 heterocycles. The van der Waals surface area contributed by atoms with Crippen molar-refractivity contribution in [1.29, 1.82) is 0 Å². The maximum absolute atomic E-state index is 12.0. The van der Waals surface area contributed by atoms with Gasteiger partial charge in [0.05, 0.1) is 6.61 Å². The molecule has 1 amide bonds. The van der Waals surface area contributed by atoms with Crippen LogP contribution in [0.2, 0.25) is 0 Å². The molecule has 2 aromatic rings. The fraction of sp³-hybridized carbons (Fsp3) is 0.188. The molecule has 0 spiro atoms. The maximum Gasteiger partial charge on any atom is 0.255 e. The zero-order valence-corrected chi connectivity index (χ0v) is 11.1. The first kappa shape index (κ1) is 13.1. The molecular weight excluding hydrogens is 238 g/mol. The van der Waals surface area contributed by atoms with Crippen molar-refractivity contribution in [3.8, 4) is 5.75 Å².